The van der Waals surface area contributed by atoms with Crippen LogP contribution in [0.4, 0.5) is 0 Å². The van der Waals surface area contributed by atoms with Crippen LogP contribution in [0.3, 0.4) is 0 Å². The number of hydrogen-bond donors (Lipinski definition) is 2. The Balaban J connectivity index is -0.0000000201. The SMILES string of the molecule is C.C.C.C.C.C.C.C.C.C.C.C.C.C.C.C.C.C.C.C.C.C.C.C.C.C.C.C.C.C.C.C.CCC=CCC=CCCOP(=O)(NCCN(C)C)OCCC=CCC=CCC.CCC=CCC=CCCOP(=O)(NCC[N+](C)(C)CCCS(=O)(=O)[O-])OCCC=CCC=CCC.O=S1(=O)CCCO1. The van der Waals surface area contributed by atoms with Gasteiger partial charge in [0.05, 0.1) is 82.6 Å². The molecule has 1 saturated heterocycles. The summed E-state index contributed by atoms with van der Waals surface area (Å²) in [6.45, 7) is 12.9. The summed E-state index contributed by atoms with van der Waals surface area (Å²) in [5.41, 5.74) is 0. The second kappa shape index (κ2) is 148. The van der Waals surface area contributed by atoms with Crippen LogP contribution in [0.25, 0.3) is 0 Å². The molecule has 20 heteroatoms. The summed E-state index contributed by atoms with van der Waals surface area (Å²) >= 11 is 0. The summed E-state index contributed by atoms with van der Waals surface area (Å²) < 4.78 is 106. The van der Waals surface area contributed by atoms with Crippen LogP contribution >= 0.6 is 15.5 Å². The molecule has 0 aromatic rings. The van der Waals surface area contributed by atoms with Crippen LogP contribution in [0.2, 0.25) is 0 Å². The second-order valence-electron chi connectivity index (χ2n) is 16.9. The summed E-state index contributed by atoms with van der Waals surface area (Å²) in [5, 5.41) is 5.91. The van der Waals surface area contributed by atoms with E-state index in [2.05, 4.69) is 127 Å². The van der Waals surface area contributed by atoms with Gasteiger partial charge in [0.15, 0.2) is 0 Å². The van der Waals surface area contributed by atoms with Gasteiger partial charge in [-0.1, -0.05) is 363 Å². The molecule has 102 heavy (non-hydrogen) atoms. The molecule has 664 valence electrons. The maximum absolute atomic E-state index is 13.2. The number of allylic oxidation sites excluding steroid dienone is 12. The first-order valence-corrected chi connectivity index (χ1v) is 31.3. The molecular weight excluding hydrogens is 1360 g/mol. The number of nitrogens with one attached hydrogen (secondary N) is 2. The monoisotopic (exact) mass is 1580 g/mol. The Kier molecular flexibility index (Phi) is 327. The molecule has 1 rings (SSSR count). The largest absolute Gasteiger partial charge is 0.748 e. The summed E-state index contributed by atoms with van der Waals surface area (Å²) in [6.07, 6.45) is 44.7. The Morgan fingerprint density at radius 3 is 0.863 bits per heavy atom. The Morgan fingerprint density at radius 1 is 0.422 bits per heavy atom. The smallest absolute Gasteiger partial charge is 0.405 e. The summed E-state index contributed by atoms with van der Waals surface area (Å²) in [5.74, 6) is -0.177. The molecule has 16 nitrogen and oxygen atoms in total. The molecule has 0 bridgehead atoms. The van der Waals surface area contributed by atoms with E-state index in [9.17, 15) is 30.5 Å². The first kappa shape index (κ1) is 225. The zero-order valence-corrected chi connectivity index (χ0v) is 47.5. The summed E-state index contributed by atoms with van der Waals surface area (Å²) in [6, 6.07) is 0. The highest BCUT2D eigenvalue weighted by molar-refractivity contribution is 7.86. The van der Waals surface area contributed by atoms with E-state index in [0.717, 1.165) is 57.9 Å². The highest BCUT2D eigenvalue weighted by Crippen LogP contribution is 2.44. The fraction of sp³-hybridized carbons (Fsp3) is 0.805. The molecule has 1 fully saturated rings. The van der Waals surface area contributed by atoms with Crippen molar-refractivity contribution in [3.63, 3.8) is 0 Å². The van der Waals surface area contributed by atoms with Gasteiger partial charge in [-0.05, 0) is 97.6 Å². The van der Waals surface area contributed by atoms with Crippen molar-refractivity contribution in [3.05, 3.63) is 97.2 Å². The fourth-order valence-electron chi connectivity index (χ4n) is 5.60. The van der Waals surface area contributed by atoms with Gasteiger partial charge in [-0.3, -0.25) is 22.3 Å². The number of rotatable bonds is 40. The molecule has 2 N–H and O–H groups in total. The van der Waals surface area contributed by atoms with Gasteiger partial charge >= 0.3 is 15.5 Å². The van der Waals surface area contributed by atoms with Crippen molar-refractivity contribution >= 4 is 35.7 Å². The molecule has 1 aliphatic heterocycles. The van der Waals surface area contributed by atoms with Gasteiger partial charge < -0.3 is 13.9 Å². The van der Waals surface area contributed by atoms with Crippen molar-refractivity contribution in [2.45, 2.75) is 355 Å². The first-order chi connectivity index (χ1) is 33.3. The number of likely N-dealkylation sites (N-methyl/N-ethyl adjacent to an activating group) is 2. The normalized spacial score (nSPS) is 11.3. The third-order valence-electron chi connectivity index (χ3n) is 9.39. The summed E-state index contributed by atoms with van der Waals surface area (Å²) in [4.78, 5) is 2.02. The van der Waals surface area contributed by atoms with Crippen LogP contribution < -0.4 is 10.2 Å². The van der Waals surface area contributed by atoms with Crippen molar-refractivity contribution in [3.8, 4) is 0 Å². The lowest BCUT2D eigenvalue weighted by Gasteiger charge is -2.30. The molecule has 0 radical (unpaired) electrons. The lowest BCUT2D eigenvalue weighted by atomic mass is 10.3. The van der Waals surface area contributed by atoms with Gasteiger partial charge in [0.2, 0.25) is 0 Å². The van der Waals surface area contributed by atoms with Crippen molar-refractivity contribution < 1.29 is 57.3 Å². The van der Waals surface area contributed by atoms with Crippen LogP contribution in [-0.4, -0.2) is 136 Å². The molecule has 0 unspecified atom stereocenters. The topological polar surface area (TPSA) is 199 Å². The molecule has 0 aromatic carbocycles. The average molecular weight is 1580 g/mol. The van der Waals surface area contributed by atoms with Crippen LogP contribution in [0.5, 0.6) is 0 Å². The zero-order chi connectivity index (χ0) is 52.7. The number of quaternary nitrogens is 1. The van der Waals surface area contributed by atoms with Gasteiger partial charge in [0.25, 0.3) is 10.1 Å². The minimum absolute atomic E-state index is 0. The standard InChI is InChI=1S/C25H47N2O6PS.C22H41N2O3P.C3H6O3S.32CH4/c1-5-7-9-11-13-15-17-23-32-34(28,33-24-18-16-14-12-10-8-6-2)26-20-22-27(3,4)21-19-25-35(29,30)31;1-5-7-9-11-13-15-17-21-26-28(25,23-19-20-24(3)4)27-22-18-16-14-12-10-8-6-2;4-7(5)3-1-2-6-7;;;;;;;;;;;;;;;;;;;;;;;;;;;;;;;;/h7-10,13-16H,5-6,11-12,17-25H2,1-4H3,(H-,26,28,29,30,31);7-10,13-16H,5-6,11-12,17-22H2,1-4H3,(H,23,25);1-3H2;32*1H4. The Bertz CT molecular complexity index is 1780. The molecule has 0 amide bonds. The molecule has 0 saturated carbocycles. The van der Waals surface area contributed by atoms with E-state index in [1.807, 2.05) is 45.2 Å². The van der Waals surface area contributed by atoms with Crippen LogP contribution in [0.1, 0.15) is 355 Å². The van der Waals surface area contributed by atoms with Crippen LogP contribution in [0.15, 0.2) is 97.2 Å². The van der Waals surface area contributed by atoms with E-state index < -0.39 is 35.7 Å². The first-order valence-electron chi connectivity index (χ1n) is 25.0. The molecule has 0 atom stereocenters. The van der Waals surface area contributed by atoms with Crippen LogP contribution in [0, 0.1) is 0 Å². The predicted octanol–water partition coefficient (Wildman–Crippen LogP) is 31.3. The maximum Gasteiger partial charge on any atom is 0.405 e. The third-order valence-corrected chi connectivity index (χ3v) is 14.8. The van der Waals surface area contributed by atoms with E-state index in [-0.39, 0.29) is 269 Å². The van der Waals surface area contributed by atoms with Crippen molar-refractivity contribution in [2.24, 2.45) is 0 Å². The molecular formula is C82H222N4O12P2S2. The minimum atomic E-state index is -4.21. The van der Waals surface area contributed by atoms with Gasteiger partial charge in [-0.15, -0.1) is 0 Å². The molecule has 1 heterocycles. The summed E-state index contributed by atoms with van der Waals surface area (Å²) in [7, 11) is -6.22. The molecule has 0 aromatic heterocycles. The molecule has 1 aliphatic rings. The lowest BCUT2D eigenvalue weighted by molar-refractivity contribution is -0.889. The van der Waals surface area contributed by atoms with Gasteiger partial charge in [-0.25, -0.2) is 27.7 Å². The van der Waals surface area contributed by atoms with E-state index >= 15 is 0 Å². The van der Waals surface area contributed by atoms with Crippen molar-refractivity contribution in [1.82, 2.24) is 15.1 Å². The third kappa shape index (κ3) is 168. The Morgan fingerprint density at radius 2 is 0.667 bits per heavy atom. The number of nitrogens with zero attached hydrogens (tertiary/aromatic N) is 2. The molecule has 0 aliphatic carbocycles. The fourth-order valence-corrected chi connectivity index (χ4v) is 9.69. The van der Waals surface area contributed by atoms with E-state index in [1.54, 1.807) is 0 Å². The maximum atomic E-state index is 13.2. The predicted molar refractivity (Wildman–Crippen MR) is 506 cm³/mol. The van der Waals surface area contributed by atoms with E-state index in [0.29, 0.717) is 82.6 Å². The number of hydrogen-bond acceptors (Lipinski definition) is 13. The van der Waals surface area contributed by atoms with E-state index in [1.165, 1.54) is 0 Å². The van der Waals surface area contributed by atoms with Crippen molar-refractivity contribution in [1.29, 1.82) is 0 Å². The highest BCUT2D eigenvalue weighted by Gasteiger charge is 2.26. The van der Waals surface area contributed by atoms with Crippen LogP contribution in [-0.2, 0) is 51.6 Å². The van der Waals surface area contributed by atoms with E-state index in [4.69, 9.17) is 18.1 Å². The minimum Gasteiger partial charge on any atom is -0.748 e. The van der Waals surface area contributed by atoms with Gasteiger partial charge in [0.1, 0.15) is 0 Å². The Labute approximate surface area is 662 Å². The lowest BCUT2D eigenvalue weighted by Crippen LogP contribution is -2.45. The zero-order valence-electron chi connectivity index (χ0n) is 44.1. The highest BCUT2D eigenvalue weighted by atomic mass is 32.2. The second-order valence-corrected chi connectivity index (χ2v) is 23.8. The molecule has 0 spiro atoms. The van der Waals surface area contributed by atoms with Gasteiger partial charge in [-0.2, -0.15) is 8.42 Å². The Hall–Kier alpha value is -2.12. The van der Waals surface area contributed by atoms with Gasteiger partial charge in [0, 0.05) is 25.3 Å². The van der Waals surface area contributed by atoms with Crippen molar-refractivity contribution in [2.75, 3.05) is 105 Å². The average Bonchev–Trinajstić information content (AvgIpc) is 3.71. The quantitative estimate of drug-likeness (QED) is 0.0147.